The third kappa shape index (κ3) is 4.96. The maximum atomic E-state index is 12.8. The van der Waals surface area contributed by atoms with Crippen LogP contribution in [0.2, 0.25) is 0 Å². The second-order valence-electron chi connectivity index (χ2n) is 7.68. The molecule has 7 heteroatoms. The van der Waals surface area contributed by atoms with Crippen LogP contribution in [0, 0.1) is 13.8 Å². The predicted octanol–water partition coefficient (Wildman–Crippen LogP) is 2.34. The van der Waals surface area contributed by atoms with Crippen LogP contribution in [-0.4, -0.2) is 53.4 Å². The first-order valence-corrected chi connectivity index (χ1v) is 10.4. The number of aryl methyl sites for hydroxylation is 2. The number of ether oxygens (including phenoxy) is 1. The number of likely N-dealkylation sites (N-methyl/N-ethyl adjacent to an activating group) is 1. The van der Waals surface area contributed by atoms with Gasteiger partial charge in [-0.05, 0) is 33.3 Å². The van der Waals surface area contributed by atoms with Crippen molar-refractivity contribution >= 4 is 11.8 Å². The highest BCUT2D eigenvalue weighted by molar-refractivity contribution is 5.80. The fraction of sp³-hybridized carbons (Fsp3) is 0.478. The largest absolute Gasteiger partial charge is 0.496 e. The Bertz CT molecular complexity index is 905. The average Bonchev–Trinajstić information content (AvgIpc) is 3.21. The number of nitrogens with one attached hydrogen (secondary N) is 1. The van der Waals surface area contributed by atoms with E-state index >= 15 is 0 Å². The lowest BCUT2D eigenvalue weighted by atomic mass is 10.0. The smallest absolute Gasteiger partial charge is 0.227 e. The Labute approximate surface area is 177 Å². The molecular weight excluding hydrogens is 380 g/mol. The van der Waals surface area contributed by atoms with Crippen LogP contribution in [0.15, 0.2) is 24.3 Å². The molecule has 1 fully saturated rings. The molecule has 160 valence electrons. The van der Waals surface area contributed by atoms with E-state index in [2.05, 4.69) is 15.3 Å². The zero-order chi connectivity index (χ0) is 21.7. The summed E-state index contributed by atoms with van der Waals surface area (Å²) in [6.07, 6.45) is 1.45. The number of aromatic nitrogens is 2. The van der Waals surface area contributed by atoms with Gasteiger partial charge in [-0.2, -0.15) is 0 Å². The molecule has 0 unspecified atom stereocenters. The lowest BCUT2D eigenvalue weighted by Gasteiger charge is -2.18. The fourth-order valence-corrected chi connectivity index (χ4v) is 3.95. The molecule has 7 nitrogen and oxygen atoms in total. The van der Waals surface area contributed by atoms with Gasteiger partial charge in [-0.3, -0.25) is 9.59 Å². The van der Waals surface area contributed by atoms with Crippen molar-refractivity contribution in [1.29, 1.82) is 0 Å². The Hall–Kier alpha value is -2.96. The summed E-state index contributed by atoms with van der Waals surface area (Å²) in [7, 11) is 1.62. The third-order valence-corrected chi connectivity index (χ3v) is 5.59. The van der Waals surface area contributed by atoms with Crippen molar-refractivity contribution in [1.82, 2.24) is 20.2 Å². The predicted molar refractivity (Wildman–Crippen MR) is 115 cm³/mol. The molecule has 1 aliphatic heterocycles. The SMILES string of the molecule is CCNC(=O)Cc1c(C)nc([C@H]2CCN(C(=O)Cc3ccccc3OC)C2)nc1C. The van der Waals surface area contributed by atoms with E-state index in [-0.39, 0.29) is 17.7 Å². The van der Waals surface area contributed by atoms with E-state index in [4.69, 9.17) is 4.74 Å². The lowest BCUT2D eigenvalue weighted by molar-refractivity contribution is -0.129. The van der Waals surface area contributed by atoms with Crippen LogP contribution < -0.4 is 10.1 Å². The van der Waals surface area contributed by atoms with Crippen molar-refractivity contribution < 1.29 is 14.3 Å². The Morgan fingerprint density at radius 1 is 1.17 bits per heavy atom. The molecule has 1 N–H and O–H groups in total. The van der Waals surface area contributed by atoms with Crippen molar-refractivity contribution in [3.8, 4) is 5.75 Å². The summed E-state index contributed by atoms with van der Waals surface area (Å²) in [5.41, 5.74) is 3.45. The summed E-state index contributed by atoms with van der Waals surface area (Å²) in [6.45, 7) is 7.66. The van der Waals surface area contributed by atoms with Crippen molar-refractivity contribution in [2.45, 2.75) is 46.0 Å². The molecule has 2 aromatic rings. The molecule has 1 aromatic carbocycles. The van der Waals surface area contributed by atoms with Crippen LogP contribution >= 0.6 is 0 Å². The van der Waals surface area contributed by atoms with Gasteiger partial charge >= 0.3 is 0 Å². The Balaban J connectivity index is 1.67. The summed E-state index contributed by atoms with van der Waals surface area (Å²) >= 11 is 0. The summed E-state index contributed by atoms with van der Waals surface area (Å²) in [5.74, 6) is 1.68. The average molecular weight is 411 g/mol. The summed E-state index contributed by atoms with van der Waals surface area (Å²) < 4.78 is 5.36. The number of nitrogens with zero attached hydrogens (tertiary/aromatic N) is 3. The van der Waals surface area contributed by atoms with Gasteiger partial charge in [0.1, 0.15) is 11.6 Å². The molecule has 3 rings (SSSR count). The van der Waals surface area contributed by atoms with Gasteiger partial charge in [-0.15, -0.1) is 0 Å². The number of benzene rings is 1. The number of methoxy groups -OCH3 is 1. The van der Waals surface area contributed by atoms with Crippen molar-refractivity contribution in [3.63, 3.8) is 0 Å². The van der Waals surface area contributed by atoms with Crippen LogP contribution in [0.3, 0.4) is 0 Å². The first-order chi connectivity index (χ1) is 14.4. The monoisotopic (exact) mass is 410 g/mol. The van der Waals surface area contributed by atoms with E-state index in [0.29, 0.717) is 32.5 Å². The number of hydrogen-bond donors (Lipinski definition) is 1. The normalized spacial score (nSPS) is 15.9. The molecule has 2 heterocycles. The van der Waals surface area contributed by atoms with Gasteiger partial charge in [0.15, 0.2) is 0 Å². The first-order valence-electron chi connectivity index (χ1n) is 10.4. The molecule has 1 saturated heterocycles. The van der Waals surface area contributed by atoms with E-state index in [9.17, 15) is 9.59 Å². The number of hydrogen-bond acceptors (Lipinski definition) is 5. The molecule has 0 spiro atoms. The van der Waals surface area contributed by atoms with Gasteiger partial charge in [0, 0.05) is 48.1 Å². The summed E-state index contributed by atoms with van der Waals surface area (Å²) in [6, 6.07) is 7.61. The maximum Gasteiger partial charge on any atom is 0.227 e. The number of amides is 2. The highest BCUT2D eigenvalue weighted by Gasteiger charge is 2.30. The third-order valence-electron chi connectivity index (χ3n) is 5.59. The Kier molecular flexibility index (Phi) is 7.03. The second kappa shape index (κ2) is 9.69. The minimum absolute atomic E-state index is 0.0194. The summed E-state index contributed by atoms with van der Waals surface area (Å²) in [4.78, 5) is 36.0. The molecule has 2 amide bonds. The molecule has 30 heavy (non-hydrogen) atoms. The fourth-order valence-electron chi connectivity index (χ4n) is 3.95. The standard InChI is InChI=1S/C23H30N4O3/c1-5-24-21(28)13-19-15(2)25-23(26-16(19)3)18-10-11-27(14-18)22(29)12-17-8-6-7-9-20(17)30-4/h6-9,18H,5,10-14H2,1-4H3,(H,24,28)/t18-/m0/s1. The van der Waals surface area contributed by atoms with E-state index in [1.54, 1.807) is 7.11 Å². The van der Waals surface area contributed by atoms with Gasteiger partial charge in [-0.25, -0.2) is 9.97 Å². The van der Waals surface area contributed by atoms with Crippen molar-refractivity contribution in [2.75, 3.05) is 26.7 Å². The lowest BCUT2D eigenvalue weighted by Crippen LogP contribution is -2.30. The first kappa shape index (κ1) is 21.7. The minimum atomic E-state index is -0.0194. The van der Waals surface area contributed by atoms with Crippen LogP contribution in [0.5, 0.6) is 5.75 Å². The molecule has 0 saturated carbocycles. The van der Waals surface area contributed by atoms with Gasteiger partial charge < -0.3 is 15.0 Å². The Morgan fingerprint density at radius 3 is 2.53 bits per heavy atom. The molecule has 1 aliphatic rings. The van der Waals surface area contributed by atoms with Crippen molar-refractivity contribution in [3.05, 3.63) is 52.6 Å². The number of likely N-dealkylation sites (tertiary alicyclic amines) is 1. The molecule has 0 radical (unpaired) electrons. The highest BCUT2D eigenvalue weighted by atomic mass is 16.5. The Morgan fingerprint density at radius 2 is 1.87 bits per heavy atom. The zero-order valence-corrected chi connectivity index (χ0v) is 18.2. The second-order valence-corrected chi connectivity index (χ2v) is 7.68. The zero-order valence-electron chi connectivity index (χ0n) is 18.2. The molecule has 1 atom stereocenters. The van der Waals surface area contributed by atoms with Gasteiger partial charge in [0.25, 0.3) is 0 Å². The number of rotatable bonds is 7. The highest BCUT2D eigenvalue weighted by Crippen LogP contribution is 2.27. The topological polar surface area (TPSA) is 84.4 Å². The number of carbonyl (C=O) groups is 2. The van der Waals surface area contributed by atoms with Gasteiger partial charge in [0.05, 0.1) is 20.0 Å². The van der Waals surface area contributed by atoms with Gasteiger partial charge in [-0.1, -0.05) is 18.2 Å². The van der Waals surface area contributed by atoms with E-state index < -0.39 is 0 Å². The van der Waals surface area contributed by atoms with Crippen LogP contribution in [0.1, 0.15) is 47.6 Å². The van der Waals surface area contributed by atoms with Crippen molar-refractivity contribution in [2.24, 2.45) is 0 Å². The number of carbonyl (C=O) groups excluding carboxylic acids is 2. The van der Waals surface area contributed by atoms with E-state index in [1.807, 2.05) is 49.9 Å². The quantitative estimate of drug-likeness (QED) is 0.757. The van der Waals surface area contributed by atoms with E-state index in [0.717, 1.165) is 40.5 Å². The molecule has 0 aliphatic carbocycles. The number of para-hydroxylation sites is 1. The van der Waals surface area contributed by atoms with E-state index in [1.165, 1.54) is 0 Å². The summed E-state index contributed by atoms with van der Waals surface area (Å²) in [5, 5.41) is 2.82. The maximum absolute atomic E-state index is 12.8. The van der Waals surface area contributed by atoms with Crippen LogP contribution in [0.4, 0.5) is 0 Å². The molecule has 1 aromatic heterocycles. The minimum Gasteiger partial charge on any atom is -0.496 e. The van der Waals surface area contributed by atoms with Crippen LogP contribution in [-0.2, 0) is 22.4 Å². The molecular formula is C23H30N4O3. The molecule has 0 bridgehead atoms. The van der Waals surface area contributed by atoms with Crippen LogP contribution in [0.25, 0.3) is 0 Å². The van der Waals surface area contributed by atoms with Gasteiger partial charge in [0.2, 0.25) is 11.8 Å².